The fourth-order valence-corrected chi connectivity index (χ4v) is 6.08. The number of hydrazine groups is 1. The molecule has 0 aromatic heterocycles. The summed E-state index contributed by atoms with van der Waals surface area (Å²) in [6.45, 7) is 13.3. The summed E-state index contributed by atoms with van der Waals surface area (Å²) in [5.74, 6) is -1.10. The molecule has 10 heteroatoms. The summed E-state index contributed by atoms with van der Waals surface area (Å²) in [6.07, 6.45) is 7.49. The molecule has 2 aromatic carbocycles. The highest BCUT2D eigenvalue weighted by Gasteiger charge is 2.38. The SMILES string of the molecule is C=CCN(C(C)=O)N1CC(=O)C(=C)[C@@H](CC2C=CC(OC(=O)NCCN(C)C)=CC2)C(=O)N(Cc2cccc3ccccc23)C[C@H]1C. The number of carbonyl (C=O) groups excluding carboxylic acids is 4. The van der Waals surface area contributed by atoms with Crippen molar-refractivity contribution in [3.05, 3.63) is 96.8 Å². The summed E-state index contributed by atoms with van der Waals surface area (Å²) >= 11 is 0. The van der Waals surface area contributed by atoms with Gasteiger partial charge in [0.15, 0.2) is 5.78 Å². The third kappa shape index (κ3) is 9.27. The number of nitrogens with one attached hydrogen (secondary N) is 1. The molecule has 250 valence electrons. The van der Waals surface area contributed by atoms with Crippen LogP contribution >= 0.6 is 0 Å². The second kappa shape index (κ2) is 16.3. The lowest BCUT2D eigenvalue weighted by atomic mass is 9.83. The number of hydrogen-bond donors (Lipinski definition) is 1. The van der Waals surface area contributed by atoms with Crippen molar-refractivity contribution in [1.29, 1.82) is 0 Å². The summed E-state index contributed by atoms with van der Waals surface area (Å²) in [7, 11) is 3.85. The first-order valence-corrected chi connectivity index (χ1v) is 16.1. The number of fused-ring (bicyclic) bond motifs is 1. The van der Waals surface area contributed by atoms with Gasteiger partial charge in [-0.2, -0.15) is 0 Å². The standard InChI is InChI=1S/C37H47N5O5/c1-7-20-41(28(4)43)42-25-35(44)27(3)34(22-29-15-17-32(18-16-29)47-37(46)38-19-21-39(5)6)36(45)40(23-26(42)2)24-31-13-10-12-30-11-8-9-14-33(30)31/h7-15,17-18,26,29,34H,1,3,16,19-25H2,2,4-6H3,(H,38,46)/t26-,29?,34-/m1/s1. The number of ketones is 1. The number of benzene rings is 2. The number of alkyl carbamates (subject to hydrolysis) is 1. The third-order valence-corrected chi connectivity index (χ3v) is 8.64. The molecule has 0 saturated carbocycles. The Labute approximate surface area is 278 Å². The van der Waals surface area contributed by atoms with E-state index in [9.17, 15) is 19.2 Å². The van der Waals surface area contributed by atoms with E-state index < -0.39 is 12.0 Å². The number of hydrogen-bond acceptors (Lipinski definition) is 7. The Kier molecular flexibility index (Phi) is 12.3. The molecule has 1 saturated heterocycles. The molecule has 2 aliphatic rings. The monoisotopic (exact) mass is 641 g/mol. The van der Waals surface area contributed by atoms with Crippen LogP contribution in [0.3, 0.4) is 0 Å². The van der Waals surface area contributed by atoms with Crippen LogP contribution in [-0.2, 0) is 25.7 Å². The van der Waals surface area contributed by atoms with Crippen molar-refractivity contribution in [3.8, 4) is 0 Å². The predicted molar refractivity (Wildman–Crippen MR) is 184 cm³/mol. The molecule has 2 aromatic rings. The first kappa shape index (κ1) is 35.3. The smallest absolute Gasteiger partial charge is 0.411 e. The van der Waals surface area contributed by atoms with Gasteiger partial charge in [-0.1, -0.05) is 61.2 Å². The van der Waals surface area contributed by atoms with Crippen molar-refractivity contribution in [3.63, 3.8) is 0 Å². The van der Waals surface area contributed by atoms with Crippen LogP contribution in [0.5, 0.6) is 0 Å². The van der Waals surface area contributed by atoms with Crippen LogP contribution in [0.4, 0.5) is 4.79 Å². The minimum atomic E-state index is -0.769. The van der Waals surface area contributed by atoms with Crippen LogP contribution in [-0.4, -0.2) is 96.4 Å². The van der Waals surface area contributed by atoms with E-state index >= 15 is 0 Å². The molecular formula is C37H47N5O5. The van der Waals surface area contributed by atoms with E-state index in [0.29, 0.717) is 44.8 Å². The van der Waals surface area contributed by atoms with Gasteiger partial charge in [-0.05, 0) is 68.3 Å². The van der Waals surface area contributed by atoms with Gasteiger partial charge in [0, 0.05) is 44.7 Å². The highest BCUT2D eigenvalue weighted by molar-refractivity contribution is 6.02. The number of rotatable bonds is 11. The van der Waals surface area contributed by atoms with Crippen LogP contribution < -0.4 is 5.32 Å². The van der Waals surface area contributed by atoms with Gasteiger partial charge in [-0.25, -0.2) is 9.80 Å². The number of nitrogens with zero attached hydrogens (tertiary/aromatic N) is 4. The van der Waals surface area contributed by atoms with Gasteiger partial charge in [0.1, 0.15) is 5.76 Å². The Bertz CT molecular complexity index is 1560. The van der Waals surface area contributed by atoms with E-state index in [1.54, 1.807) is 22.1 Å². The fraction of sp³-hybridized carbons (Fsp3) is 0.405. The second-order valence-electron chi connectivity index (χ2n) is 12.5. The van der Waals surface area contributed by atoms with Gasteiger partial charge in [0.05, 0.1) is 19.0 Å². The Morgan fingerprint density at radius 3 is 2.55 bits per heavy atom. The Morgan fingerprint density at radius 2 is 1.87 bits per heavy atom. The second-order valence-corrected chi connectivity index (χ2v) is 12.5. The normalized spacial score (nSPS) is 20.8. The number of ether oxygens (including phenoxy) is 1. The highest BCUT2D eigenvalue weighted by Crippen LogP contribution is 2.31. The lowest BCUT2D eigenvalue weighted by molar-refractivity contribution is -0.152. The molecule has 1 unspecified atom stereocenters. The molecule has 3 atom stereocenters. The molecule has 1 N–H and O–H groups in total. The summed E-state index contributed by atoms with van der Waals surface area (Å²) in [4.78, 5) is 57.0. The van der Waals surface area contributed by atoms with Crippen LogP contribution in [0.15, 0.2) is 91.3 Å². The lowest BCUT2D eigenvalue weighted by Crippen LogP contribution is -2.55. The molecule has 0 bridgehead atoms. The zero-order chi connectivity index (χ0) is 34.1. The van der Waals surface area contributed by atoms with Crippen LogP contribution in [0.25, 0.3) is 10.8 Å². The number of likely N-dealkylation sites (N-methyl/N-ethyl adjacent to an activating group) is 1. The topological polar surface area (TPSA) is 103 Å². The van der Waals surface area contributed by atoms with Crippen molar-refractivity contribution in [2.24, 2.45) is 11.8 Å². The van der Waals surface area contributed by atoms with Gasteiger partial charge in [0.25, 0.3) is 0 Å². The molecule has 1 aliphatic heterocycles. The van der Waals surface area contributed by atoms with Crippen LogP contribution in [0.2, 0.25) is 0 Å². The van der Waals surface area contributed by atoms with Gasteiger partial charge in [-0.15, -0.1) is 6.58 Å². The minimum Gasteiger partial charge on any atom is -0.411 e. The molecule has 3 amide bonds. The zero-order valence-corrected chi connectivity index (χ0v) is 28.0. The molecular weight excluding hydrogens is 594 g/mol. The Hall–Kier alpha value is -4.54. The maximum Gasteiger partial charge on any atom is 0.412 e. The van der Waals surface area contributed by atoms with Gasteiger partial charge in [0.2, 0.25) is 11.8 Å². The van der Waals surface area contributed by atoms with E-state index in [0.717, 1.165) is 16.3 Å². The molecule has 47 heavy (non-hydrogen) atoms. The van der Waals surface area contributed by atoms with E-state index in [2.05, 4.69) is 18.5 Å². The van der Waals surface area contributed by atoms with E-state index in [4.69, 9.17) is 4.74 Å². The number of allylic oxidation sites excluding steroid dienone is 3. The molecule has 10 nitrogen and oxygen atoms in total. The van der Waals surface area contributed by atoms with E-state index in [1.165, 1.54) is 11.9 Å². The summed E-state index contributed by atoms with van der Waals surface area (Å²) in [5, 5.41) is 8.10. The number of amides is 3. The number of carbonyl (C=O) groups is 4. The Balaban J connectivity index is 1.59. The highest BCUT2D eigenvalue weighted by atomic mass is 16.6. The van der Waals surface area contributed by atoms with Crippen molar-refractivity contribution >= 4 is 34.5 Å². The molecule has 4 rings (SSSR count). The lowest BCUT2D eigenvalue weighted by Gasteiger charge is -2.39. The zero-order valence-electron chi connectivity index (χ0n) is 28.0. The van der Waals surface area contributed by atoms with Crippen LogP contribution in [0.1, 0.15) is 32.3 Å². The minimum absolute atomic E-state index is 0.0826. The number of Topliss-reactive ketones (excluding diaryl/α,β-unsaturated/α-hetero) is 1. The molecule has 0 spiro atoms. The Morgan fingerprint density at radius 1 is 1.13 bits per heavy atom. The van der Waals surface area contributed by atoms with Gasteiger partial charge >= 0.3 is 6.09 Å². The first-order valence-electron chi connectivity index (χ1n) is 16.1. The van der Waals surface area contributed by atoms with Crippen LogP contribution in [0, 0.1) is 11.8 Å². The molecule has 1 aliphatic carbocycles. The largest absolute Gasteiger partial charge is 0.412 e. The van der Waals surface area contributed by atoms with Gasteiger partial charge < -0.3 is 19.9 Å². The average Bonchev–Trinajstić information content (AvgIpc) is 3.06. The molecule has 0 radical (unpaired) electrons. The van der Waals surface area contributed by atoms with E-state index in [-0.39, 0.29) is 48.2 Å². The predicted octanol–water partition coefficient (Wildman–Crippen LogP) is 4.70. The van der Waals surface area contributed by atoms with Crippen molar-refractivity contribution in [2.75, 3.05) is 46.8 Å². The summed E-state index contributed by atoms with van der Waals surface area (Å²) in [6, 6.07) is 13.7. The first-order chi connectivity index (χ1) is 22.5. The fourth-order valence-electron chi connectivity index (χ4n) is 6.08. The third-order valence-electron chi connectivity index (χ3n) is 8.64. The average molecular weight is 642 g/mol. The maximum absolute atomic E-state index is 14.5. The summed E-state index contributed by atoms with van der Waals surface area (Å²) in [5.41, 5.74) is 1.21. The van der Waals surface area contributed by atoms with E-state index in [1.807, 2.05) is 80.5 Å². The van der Waals surface area contributed by atoms with Crippen molar-refractivity contribution in [2.45, 2.75) is 39.3 Å². The molecule has 1 fully saturated rings. The maximum atomic E-state index is 14.5. The van der Waals surface area contributed by atoms with Gasteiger partial charge in [-0.3, -0.25) is 19.4 Å². The van der Waals surface area contributed by atoms with Crippen molar-refractivity contribution < 1.29 is 23.9 Å². The summed E-state index contributed by atoms with van der Waals surface area (Å²) < 4.78 is 5.44. The quantitative estimate of drug-likeness (QED) is 0.280. The van der Waals surface area contributed by atoms with Crippen molar-refractivity contribution in [1.82, 2.24) is 25.1 Å². The molecule has 1 heterocycles.